The zero-order valence-corrected chi connectivity index (χ0v) is 9.45. The summed E-state index contributed by atoms with van der Waals surface area (Å²) in [6, 6.07) is 8.88. The first-order valence-electron chi connectivity index (χ1n) is 4.94. The van der Waals surface area contributed by atoms with Gasteiger partial charge in [-0.2, -0.15) is 0 Å². The van der Waals surface area contributed by atoms with E-state index in [0.717, 1.165) is 13.0 Å². The van der Waals surface area contributed by atoms with Crippen molar-refractivity contribution in [3.8, 4) is 0 Å². The summed E-state index contributed by atoms with van der Waals surface area (Å²) in [5, 5.41) is 4.63. The summed E-state index contributed by atoms with van der Waals surface area (Å²) < 4.78 is 1.41. The van der Waals surface area contributed by atoms with Crippen molar-refractivity contribution in [1.82, 2.24) is 5.32 Å². The minimum atomic E-state index is 1.05. The van der Waals surface area contributed by atoms with Crippen molar-refractivity contribution in [2.75, 3.05) is 13.6 Å². The van der Waals surface area contributed by atoms with E-state index in [0.29, 0.717) is 0 Å². The van der Waals surface area contributed by atoms with Gasteiger partial charge in [0.1, 0.15) is 0 Å². The van der Waals surface area contributed by atoms with Gasteiger partial charge in [0.15, 0.2) is 0 Å². The number of rotatable bonds is 3. The molecule has 0 bridgehead atoms. The molecular formula is C12H15NS. The van der Waals surface area contributed by atoms with Gasteiger partial charge in [0, 0.05) is 9.58 Å². The molecule has 1 aromatic heterocycles. The summed E-state index contributed by atoms with van der Waals surface area (Å²) >= 11 is 1.88. The predicted molar refractivity (Wildman–Crippen MR) is 64.2 cm³/mol. The monoisotopic (exact) mass is 205 g/mol. The molecule has 0 amide bonds. The van der Waals surface area contributed by atoms with Gasteiger partial charge in [-0.25, -0.2) is 0 Å². The van der Waals surface area contributed by atoms with Crippen LogP contribution in [0.2, 0.25) is 0 Å². The fourth-order valence-corrected chi connectivity index (χ4v) is 2.70. The number of hydrogen-bond acceptors (Lipinski definition) is 2. The van der Waals surface area contributed by atoms with Gasteiger partial charge in [0.2, 0.25) is 0 Å². The molecule has 0 atom stereocenters. The normalized spacial score (nSPS) is 11.0. The Bertz CT molecular complexity index is 431. The topological polar surface area (TPSA) is 12.0 Å². The summed E-state index contributed by atoms with van der Waals surface area (Å²) in [6.07, 6.45) is 1.12. The molecule has 2 aromatic rings. The molecule has 14 heavy (non-hydrogen) atoms. The van der Waals surface area contributed by atoms with Crippen LogP contribution in [0.3, 0.4) is 0 Å². The van der Waals surface area contributed by atoms with E-state index in [4.69, 9.17) is 0 Å². The van der Waals surface area contributed by atoms with Crippen molar-refractivity contribution in [3.63, 3.8) is 0 Å². The first kappa shape index (κ1) is 9.69. The summed E-state index contributed by atoms with van der Waals surface area (Å²) in [5.74, 6) is 0. The highest BCUT2D eigenvalue weighted by atomic mass is 32.1. The molecule has 0 spiro atoms. The lowest BCUT2D eigenvalue weighted by atomic mass is 10.1. The van der Waals surface area contributed by atoms with Gasteiger partial charge in [-0.15, -0.1) is 11.3 Å². The molecule has 1 N–H and O–H groups in total. The summed E-state index contributed by atoms with van der Waals surface area (Å²) in [5.41, 5.74) is 1.46. The molecule has 1 aromatic carbocycles. The summed E-state index contributed by atoms with van der Waals surface area (Å²) in [7, 11) is 2.00. The predicted octanol–water partition coefficient (Wildman–Crippen LogP) is 2.97. The first-order valence-corrected chi connectivity index (χ1v) is 5.75. The number of hydrogen-bond donors (Lipinski definition) is 1. The third-order valence-corrected chi connectivity index (χ3v) is 3.44. The lowest BCUT2D eigenvalue weighted by molar-refractivity contribution is 0.795. The maximum absolute atomic E-state index is 3.19. The number of likely N-dealkylation sites (N-methyl/N-ethyl adjacent to an activating group) is 1. The van der Waals surface area contributed by atoms with Crippen molar-refractivity contribution in [3.05, 3.63) is 34.7 Å². The first-order chi connectivity index (χ1) is 6.81. The molecule has 0 saturated heterocycles. The van der Waals surface area contributed by atoms with E-state index in [-0.39, 0.29) is 0 Å². The number of thiophene rings is 1. The average molecular weight is 205 g/mol. The van der Waals surface area contributed by atoms with E-state index in [9.17, 15) is 0 Å². The minimum absolute atomic E-state index is 1.05. The fraction of sp³-hybridized carbons (Fsp3) is 0.333. The second kappa shape index (κ2) is 4.11. The molecule has 2 heteroatoms. The van der Waals surface area contributed by atoms with Gasteiger partial charge >= 0.3 is 0 Å². The lowest BCUT2D eigenvalue weighted by Crippen LogP contribution is -2.10. The van der Waals surface area contributed by atoms with Crippen LogP contribution in [0.15, 0.2) is 24.3 Å². The molecule has 0 saturated carbocycles. The van der Waals surface area contributed by atoms with E-state index in [2.05, 4.69) is 36.5 Å². The average Bonchev–Trinajstić information content (AvgIpc) is 2.55. The Kier molecular flexibility index (Phi) is 2.85. The molecule has 1 heterocycles. The van der Waals surface area contributed by atoms with Crippen molar-refractivity contribution in [2.24, 2.45) is 0 Å². The van der Waals surface area contributed by atoms with E-state index in [1.165, 1.54) is 20.5 Å². The molecule has 0 aliphatic heterocycles. The van der Waals surface area contributed by atoms with Gasteiger partial charge in [0.25, 0.3) is 0 Å². The highest BCUT2D eigenvalue weighted by molar-refractivity contribution is 7.19. The van der Waals surface area contributed by atoms with Crippen LogP contribution < -0.4 is 5.32 Å². The van der Waals surface area contributed by atoms with Gasteiger partial charge in [-0.1, -0.05) is 12.1 Å². The van der Waals surface area contributed by atoms with Crippen LogP contribution in [-0.4, -0.2) is 13.6 Å². The van der Waals surface area contributed by atoms with Gasteiger partial charge < -0.3 is 5.32 Å². The Morgan fingerprint density at radius 2 is 2.21 bits per heavy atom. The van der Waals surface area contributed by atoms with Crippen LogP contribution in [0, 0.1) is 6.92 Å². The van der Waals surface area contributed by atoms with Crippen LogP contribution >= 0.6 is 11.3 Å². The van der Waals surface area contributed by atoms with Crippen molar-refractivity contribution >= 4 is 21.4 Å². The van der Waals surface area contributed by atoms with Gasteiger partial charge in [-0.05, 0) is 50.0 Å². The van der Waals surface area contributed by atoms with Crippen LogP contribution in [0.1, 0.15) is 10.4 Å². The molecule has 2 rings (SSSR count). The van der Waals surface area contributed by atoms with E-state index in [1.54, 1.807) is 0 Å². The maximum atomic E-state index is 3.19. The maximum Gasteiger partial charge on any atom is 0.0348 e. The SMILES string of the molecule is CNCCc1cccc2sc(C)cc12. The molecule has 0 radical (unpaired) electrons. The zero-order valence-electron chi connectivity index (χ0n) is 8.63. The van der Waals surface area contributed by atoms with Crippen molar-refractivity contribution < 1.29 is 0 Å². The Balaban J connectivity index is 2.42. The third-order valence-electron chi connectivity index (χ3n) is 2.42. The highest BCUT2D eigenvalue weighted by Gasteiger charge is 2.02. The Hall–Kier alpha value is -0.860. The lowest BCUT2D eigenvalue weighted by Gasteiger charge is -2.01. The van der Waals surface area contributed by atoms with Gasteiger partial charge in [0.05, 0.1) is 0 Å². The largest absolute Gasteiger partial charge is 0.319 e. The summed E-state index contributed by atoms with van der Waals surface area (Å²) in [4.78, 5) is 1.40. The molecule has 0 aliphatic rings. The molecule has 1 nitrogen and oxygen atoms in total. The van der Waals surface area contributed by atoms with Crippen LogP contribution in [0.5, 0.6) is 0 Å². The number of benzene rings is 1. The fourth-order valence-electron chi connectivity index (χ4n) is 1.73. The van der Waals surface area contributed by atoms with E-state index < -0.39 is 0 Å². The van der Waals surface area contributed by atoms with E-state index in [1.807, 2.05) is 18.4 Å². The molecule has 0 aliphatic carbocycles. The van der Waals surface area contributed by atoms with E-state index >= 15 is 0 Å². The quantitative estimate of drug-likeness (QED) is 0.812. The van der Waals surface area contributed by atoms with Crippen molar-refractivity contribution in [2.45, 2.75) is 13.3 Å². The van der Waals surface area contributed by atoms with Crippen LogP contribution in [0.25, 0.3) is 10.1 Å². The zero-order chi connectivity index (χ0) is 9.97. The second-order valence-electron chi connectivity index (χ2n) is 3.54. The molecule has 0 fully saturated rings. The molecule has 74 valence electrons. The third kappa shape index (κ3) is 1.81. The van der Waals surface area contributed by atoms with Crippen molar-refractivity contribution in [1.29, 1.82) is 0 Å². The highest BCUT2D eigenvalue weighted by Crippen LogP contribution is 2.27. The van der Waals surface area contributed by atoms with Crippen LogP contribution in [0.4, 0.5) is 0 Å². The van der Waals surface area contributed by atoms with Crippen LogP contribution in [-0.2, 0) is 6.42 Å². The Morgan fingerprint density at radius 3 is 3.00 bits per heavy atom. The Labute approximate surface area is 88.8 Å². The minimum Gasteiger partial charge on any atom is -0.319 e. The number of aryl methyl sites for hydroxylation is 1. The summed E-state index contributed by atoms with van der Waals surface area (Å²) in [6.45, 7) is 3.22. The smallest absolute Gasteiger partial charge is 0.0348 e. The Morgan fingerprint density at radius 1 is 1.36 bits per heavy atom. The van der Waals surface area contributed by atoms with Gasteiger partial charge in [-0.3, -0.25) is 0 Å². The number of fused-ring (bicyclic) bond motifs is 1. The molecule has 0 unspecified atom stereocenters. The molecular weight excluding hydrogens is 190 g/mol. The number of nitrogens with one attached hydrogen (secondary N) is 1. The second-order valence-corrected chi connectivity index (χ2v) is 4.83. The standard InChI is InChI=1S/C12H15NS/c1-9-8-11-10(6-7-13-2)4-3-5-12(11)14-9/h3-5,8,13H,6-7H2,1-2H3.